The summed E-state index contributed by atoms with van der Waals surface area (Å²) in [5.74, 6) is 1.62. The Hall–Kier alpha value is -2.01. The van der Waals surface area contributed by atoms with Gasteiger partial charge in [-0.3, -0.25) is 4.79 Å². The van der Waals surface area contributed by atoms with Crippen molar-refractivity contribution in [3.05, 3.63) is 39.6 Å². The molecule has 1 aromatic heterocycles. The van der Waals surface area contributed by atoms with Gasteiger partial charge in [0.15, 0.2) is 11.5 Å². The van der Waals surface area contributed by atoms with E-state index in [9.17, 15) is 4.79 Å². The van der Waals surface area contributed by atoms with Crippen molar-refractivity contribution < 1.29 is 14.3 Å². The monoisotopic (exact) mass is 287 g/mol. The van der Waals surface area contributed by atoms with Crippen LogP contribution in [0.3, 0.4) is 0 Å². The molecule has 0 unspecified atom stereocenters. The highest BCUT2D eigenvalue weighted by atomic mass is 32.1. The van der Waals surface area contributed by atoms with E-state index in [4.69, 9.17) is 9.47 Å². The minimum atomic E-state index is 0.0502. The van der Waals surface area contributed by atoms with Crippen molar-refractivity contribution >= 4 is 22.9 Å². The van der Waals surface area contributed by atoms with Gasteiger partial charge in [0.05, 0.1) is 0 Å². The average molecular weight is 287 g/mol. The minimum absolute atomic E-state index is 0.0502. The van der Waals surface area contributed by atoms with Crippen LogP contribution in [0, 0.1) is 6.92 Å². The second-order valence-electron chi connectivity index (χ2n) is 5.07. The van der Waals surface area contributed by atoms with Crippen LogP contribution in [0.2, 0.25) is 0 Å². The van der Waals surface area contributed by atoms with Gasteiger partial charge < -0.3 is 14.8 Å². The van der Waals surface area contributed by atoms with E-state index in [1.165, 1.54) is 10.4 Å². The van der Waals surface area contributed by atoms with Gasteiger partial charge in [-0.25, -0.2) is 0 Å². The van der Waals surface area contributed by atoms with E-state index in [-0.39, 0.29) is 18.6 Å². The lowest BCUT2D eigenvalue weighted by Gasteiger charge is -2.25. The van der Waals surface area contributed by atoms with Gasteiger partial charge in [0.2, 0.25) is 12.7 Å². The molecular formula is C15H13NO3S. The molecule has 1 N–H and O–H groups in total. The molecule has 4 nitrogen and oxygen atoms in total. The number of hydrogen-bond acceptors (Lipinski definition) is 4. The molecule has 0 fully saturated rings. The van der Waals surface area contributed by atoms with Gasteiger partial charge in [-0.2, -0.15) is 0 Å². The highest BCUT2D eigenvalue weighted by molar-refractivity contribution is 7.10. The third kappa shape index (κ3) is 1.70. The second-order valence-corrected chi connectivity index (χ2v) is 6.01. The molecule has 1 aromatic carbocycles. The number of anilines is 1. The van der Waals surface area contributed by atoms with E-state index in [2.05, 4.69) is 23.7 Å². The maximum absolute atomic E-state index is 12.0. The first-order chi connectivity index (χ1) is 9.72. The molecule has 5 heteroatoms. The van der Waals surface area contributed by atoms with E-state index in [1.54, 1.807) is 11.3 Å². The Morgan fingerprint density at radius 1 is 1.30 bits per heavy atom. The van der Waals surface area contributed by atoms with Crippen molar-refractivity contribution in [3.63, 3.8) is 0 Å². The summed E-state index contributed by atoms with van der Waals surface area (Å²) in [5.41, 5.74) is 3.18. The molecule has 2 aromatic rings. The topological polar surface area (TPSA) is 47.6 Å². The predicted molar refractivity (Wildman–Crippen MR) is 76.7 cm³/mol. The third-order valence-corrected chi connectivity index (χ3v) is 4.93. The summed E-state index contributed by atoms with van der Waals surface area (Å²) in [5, 5.41) is 5.00. The molecule has 0 aliphatic carbocycles. The average Bonchev–Trinajstić information content (AvgIpc) is 3.03. The molecule has 2 aliphatic heterocycles. The molecular weight excluding hydrogens is 274 g/mol. The zero-order valence-electron chi connectivity index (χ0n) is 10.9. The van der Waals surface area contributed by atoms with Crippen molar-refractivity contribution in [1.82, 2.24) is 0 Å². The molecule has 20 heavy (non-hydrogen) atoms. The first-order valence-electron chi connectivity index (χ1n) is 6.50. The zero-order chi connectivity index (χ0) is 13.7. The van der Waals surface area contributed by atoms with Gasteiger partial charge in [-0.1, -0.05) is 0 Å². The number of aryl methyl sites for hydroxylation is 1. The Labute approximate surface area is 120 Å². The number of nitrogens with one attached hydrogen (secondary N) is 1. The lowest BCUT2D eigenvalue weighted by Crippen LogP contribution is -2.23. The summed E-state index contributed by atoms with van der Waals surface area (Å²) in [6.45, 7) is 2.33. The van der Waals surface area contributed by atoms with Gasteiger partial charge in [0.1, 0.15) is 0 Å². The van der Waals surface area contributed by atoms with Gasteiger partial charge >= 0.3 is 0 Å². The zero-order valence-corrected chi connectivity index (χ0v) is 11.8. The van der Waals surface area contributed by atoms with E-state index >= 15 is 0 Å². The standard InChI is InChI=1S/C15H13NO3S/c1-8-2-3-20-15(8)10-5-14(17)16-11-6-13-12(4-9(10)11)18-7-19-13/h2-4,6,10H,5,7H2,1H3,(H,16,17)/t10-/m1/s1. The van der Waals surface area contributed by atoms with Crippen LogP contribution in [-0.2, 0) is 4.79 Å². The molecule has 2 aliphatic rings. The fourth-order valence-electron chi connectivity index (χ4n) is 2.83. The number of carbonyl (C=O) groups is 1. The molecule has 0 spiro atoms. The van der Waals surface area contributed by atoms with E-state index in [0.717, 1.165) is 17.0 Å². The number of rotatable bonds is 1. The molecule has 102 valence electrons. The summed E-state index contributed by atoms with van der Waals surface area (Å²) in [4.78, 5) is 13.2. The summed E-state index contributed by atoms with van der Waals surface area (Å²) in [6.07, 6.45) is 0.480. The van der Waals surface area contributed by atoms with E-state index in [0.29, 0.717) is 12.2 Å². The van der Waals surface area contributed by atoms with Crippen molar-refractivity contribution in [3.8, 4) is 11.5 Å². The number of hydrogen-bond donors (Lipinski definition) is 1. The van der Waals surface area contributed by atoms with Gasteiger partial charge in [0.25, 0.3) is 0 Å². The van der Waals surface area contributed by atoms with Crippen molar-refractivity contribution in [2.24, 2.45) is 0 Å². The number of ether oxygens (including phenoxy) is 2. The number of amides is 1. The summed E-state index contributed by atoms with van der Waals surface area (Å²) < 4.78 is 10.8. The van der Waals surface area contributed by atoms with Gasteiger partial charge in [-0.15, -0.1) is 11.3 Å². The molecule has 4 rings (SSSR count). The maximum Gasteiger partial charge on any atom is 0.231 e. The Kier molecular flexibility index (Phi) is 2.50. The predicted octanol–water partition coefficient (Wildman–Crippen LogP) is 3.26. The summed E-state index contributed by atoms with van der Waals surface area (Å²) in [6, 6.07) is 5.96. The SMILES string of the molecule is Cc1ccsc1[C@@H]1CC(=O)Nc2cc3c(cc21)OCO3. The molecule has 3 heterocycles. The van der Waals surface area contributed by atoms with Crippen LogP contribution in [0.15, 0.2) is 23.6 Å². The van der Waals surface area contributed by atoms with Crippen LogP contribution in [-0.4, -0.2) is 12.7 Å². The van der Waals surface area contributed by atoms with Crippen LogP contribution in [0.1, 0.15) is 28.3 Å². The highest BCUT2D eigenvalue weighted by Crippen LogP contribution is 2.46. The fraction of sp³-hybridized carbons (Fsp3) is 0.267. The van der Waals surface area contributed by atoms with Crippen LogP contribution >= 0.6 is 11.3 Å². The van der Waals surface area contributed by atoms with Crippen LogP contribution < -0.4 is 14.8 Å². The normalized spacial score (nSPS) is 19.6. The highest BCUT2D eigenvalue weighted by Gasteiger charge is 2.31. The number of carbonyl (C=O) groups excluding carboxylic acids is 1. The van der Waals surface area contributed by atoms with Crippen molar-refractivity contribution in [2.45, 2.75) is 19.3 Å². The van der Waals surface area contributed by atoms with Crippen molar-refractivity contribution in [1.29, 1.82) is 0 Å². The quantitative estimate of drug-likeness (QED) is 0.875. The minimum Gasteiger partial charge on any atom is -0.454 e. The van der Waals surface area contributed by atoms with Gasteiger partial charge in [-0.05, 0) is 35.6 Å². The van der Waals surface area contributed by atoms with Crippen LogP contribution in [0.5, 0.6) is 11.5 Å². The van der Waals surface area contributed by atoms with Crippen LogP contribution in [0.25, 0.3) is 0 Å². The number of benzene rings is 1. The first-order valence-corrected chi connectivity index (χ1v) is 7.38. The fourth-order valence-corrected chi connectivity index (χ4v) is 3.87. The largest absolute Gasteiger partial charge is 0.454 e. The van der Waals surface area contributed by atoms with Gasteiger partial charge in [0, 0.05) is 29.0 Å². The molecule has 1 atom stereocenters. The van der Waals surface area contributed by atoms with E-state index in [1.807, 2.05) is 12.1 Å². The molecule has 0 saturated heterocycles. The second kappa shape index (κ2) is 4.24. The van der Waals surface area contributed by atoms with Crippen LogP contribution in [0.4, 0.5) is 5.69 Å². The Balaban J connectivity index is 1.88. The first kappa shape index (κ1) is 11.8. The Morgan fingerprint density at radius 3 is 2.85 bits per heavy atom. The molecule has 0 saturated carbocycles. The smallest absolute Gasteiger partial charge is 0.231 e. The maximum atomic E-state index is 12.0. The summed E-state index contributed by atoms with van der Waals surface area (Å²) in [7, 11) is 0. The number of thiophene rings is 1. The molecule has 0 bridgehead atoms. The number of fused-ring (bicyclic) bond motifs is 2. The van der Waals surface area contributed by atoms with Crippen molar-refractivity contribution in [2.75, 3.05) is 12.1 Å². The third-order valence-electron chi connectivity index (χ3n) is 3.80. The molecule has 1 amide bonds. The Bertz CT molecular complexity index is 707. The lowest BCUT2D eigenvalue weighted by atomic mass is 9.87. The molecule has 0 radical (unpaired) electrons. The van der Waals surface area contributed by atoms with E-state index < -0.39 is 0 Å². The Morgan fingerprint density at radius 2 is 2.10 bits per heavy atom. The summed E-state index contributed by atoms with van der Waals surface area (Å²) >= 11 is 1.70. The lowest BCUT2D eigenvalue weighted by molar-refractivity contribution is -0.116.